The Labute approximate surface area is 116 Å². The first kappa shape index (κ1) is 17.7. The SMILES string of the molecule is CCCCN(C)C(=O)C(CCC)(CCC)C(N)=NO. The van der Waals surface area contributed by atoms with Gasteiger partial charge in [0.2, 0.25) is 5.91 Å². The Morgan fingerprint density at radius 1 is 1.21 bits per heavy atom. The van der Waals surface area contributed by atoms with E-state index in [2.05, 4.69) is 12.1 Å². The van der Waals surface area contributed by atoms with E-state index in [0.717, 1.165) is 25.7 Å². The fourth-order valence-corrected chi connectivity index (χ4v) is 2.52. The monoisotopic (exact) mass is 271 g/mol. The summed E-state index contributed by atoms with van der Waals surface area (Å²) in [7, 11) is 1.79. The van der Waals surface area contributed by atoms with Gasteiger partial charge in [-0.25, -0.2) is 0 Å². The minimum atomic E-state index is -0.846. The third-order valence-corrected chi connectivity index (χ3v) is 3.55. The molecule has 0 aliphatic rings. The van der Waals surface area contributed by atoms with Crippen molar-refractivity contribution in [3.05, 3.63) is 0 Å². The molecule has 0 spiro atoms. The van der Waals surface area contributed by atoms with E-state index in [0.29, 0.717) is 19.4 Å². The van der Waals surface area contributed by atoms with Crippen molar-refractivity contribution in [2.45, 2.75) is 59.3 Å². The Kier molecular flexibility index (Phi) is 8.19. The summed E-state index contributed by atoms with van der Waals surface area (Å²) in [6.45, 7) is 6.82. The molecule has 0 heterocycles. The van der Waals surface area contributed by atoms with Crippen molar-refractivity contribution in [2.75, 3.05) is 13.6 Å². The highest BCUT2D eigenvalue weighted by Crippen LogP contribution is 2.32. The number of amidine groups is 1. The number of hydrogen-bond donors (Lipinski definition) is 2. The van der Waals surface area contributed by atoms with Crippen LogP contribution in [0.2, 0.25) is 0 Å². The van der Waals surface area contributed by atoms with E-state index < -0.39 is 5.41 Å². The van der Waals surface area contributed by atoms with Gasteiger partial charge in [-0.1, -0.05) is 45.2 Å². The molecule has 3 N–H and O–H groups in total. The summed E-state index contributed by atoms with van der Waals surface area (Å²) < 4.78 is 0. The molecule has 0 fully saturated rings. The molecule has 0 unspecified atom stereocenters. The number of unbranched alkanes of at least 4 members (excludes halogenated alkanes) is 1. The van der Waals surface area contributed by atoms with Crippen molar-refractivity contribution in [3.8, 4) is 0 Å². The summed E-state index contributed by atoms with van der Waals surface area (Å²) in [6.07, 6.45) is 4.88. The molecule has 0 rings (SSSR count). The van der Waals surface area contributed by atoms with Gasteiger partial charge in [-0.15, -0.1) is 0 Å². The smallest absolute Gasteiger partial charge is 0.236 e. The van der Waals surface area contributed by atoms with E-state index in [1.807, 2.05) is 13.8 Å². The number of rotatable bonds is 9. The quantitative estimate of drug-likeness (QED) is 0.293. The second kappa shape index (κ2) is 8.77. The highest BCUT2D eigenvalue weighted by molar-refractivity contribution is 6.06. The fraction of sp³-hybridized carbons (Fsp3) is 0.857. The predicted octanol–water partition coefficient (Wildman–Crippen LogP) is 2.58. The van der Waals surface area contributed by atoms with Crippen LogP contribution in [-0.2, 0) is 4.79 Å². The van der Waals surface area contributed by atoms with Gasteiger partial charge in [-0.3, -0.25) is 4.79 Å². The van der Waals surface area contributed by atoms with Crippen LogP contribution >= 0.6 is 0 Å². The third kappa shape index (κ3) is 4.40. The Morgan fingerprint density at radius 3 is 2.11 bits per heavy atom. The normalized spacial score (nSPS) is 12.5. The molecule has 0 aliphatic carbocycles. The lowest BCUT2D eigenvalue weighted by Crippen LogP contribution is -2.50. The molecule has 0 aromatic heterocycles. The highest BCUT2D eigenvalue weighted by Gasteiger charge is 2.42. The number of nitrogens with two attached hydrogens (primary N) is 1. The van der Waals surface area contributed by atoms with Crippen LogP contribution in [0.1, 0.15) is 59.3 Å². The Hall–Kier alpha value is -1.26. The van der Waals surface area contributed by atoms with Gasteiger partial charge in [-0.05, 0) is 19.3 Å². The van der Waals surface area contributed by atoms with E-state index in [-0.39, 0.29) is 11.7 Å². The first-order valence-electron chi connectivity index (χ1n) is 7.23. The maximum atomic E-state index is 12.7. The molecule has 0 atom stereocenters. The molecule has 19 heavy (non-hydrogen) atoms. The van der Waals surface area contributed by atoms with Crippen molar-refractivity contribution < 1.29 is 10.0 Å². The van der Waals surface area contributed by atoms with Crippen molar-refractivity contribution in [2.24, 2.45) is 16.3 Å². The van der Waals surface area contributed by atoms with E-state index in [4.69, 9.17) is 10.9 Å². The lowest BCUT2D eigenvalue weighted by Gasteiger charge is -2.34. The summed E-state index contributed by atoms with van der Waals surface area (Å²) in [5.41, 5.74) is 5.00. The van der Waals surface area contributed by atoms with Crippen LogP contribution in [0.25, 0.3) is 0 Å². The lowest BCUT2D eigenvalue weighted by atomic mass is 9.76. The maximum Gasteiger partial charge on any atom is 0.236 e. The standard InChI is InChI=1S/C14H29N3O2/c1-5-8-11-17(4)13(18)14(9-6-2,10-7-3)12(15)16-19/h19H,5-11H2,1-4H3,(H2,15,16). The number of oxime groups is 1. The largest absolute Gasteiger partial charge is 0.409 e. The number of nitrogens with zero attached hydrogens (tertiary/aromatic N) is 2. The zero-order valence-electron chi connectivity index (χ0n) is 12.8. The first-order chi connectivity index (χ1) is 8.99. The molecule has 5 heteroatoms. The zero-order valence-corrected chi connectivity index (χ0v) is 12.8. The molecule has 0 aliphatic heterocycles. The molecule has 112 valence electrons. The average molecular weight is 271 g/mol. The Balaban J connectivity index is 5.24. The van der Waals surface area contributed by atoms with Crippen LogP contribution in [0.4, 0.5) is 0 Å². The Morgan fingerprint density at radius 2 is 1.74 bits per heavy atom. The summed E-state index contributed by atoms with van der Waals surface area (Å²) >= 11 is 0. The van der Waals surface area contributed by atoms with Crippen molar-refractivity contribution in [1.29, 1.82) is 0 Å². The zero-order chi connectivity index (χ0) is 14.9. The van der Waals surface area contributed by atoms with Crippen molar-refractivity contribution in [1.82, 2.24) is 4.90 Å². The van der Waals surface area contributed by atoms with Crippen LogP contribution in [0, 0.1) is 5.41 Å². The van der Waals surface area contributed by atoms with Crippen LogP contribution in [0.5, 0.6) is 0 Å². The first-order valence-corrected chi connectivity index (χ1v) is 7.23. The maximum absolute atomic E-state index is 12.7. The van der Waals surface area contributed by atoms with E-state index >= 15 is 0 Å². The van der Waals surface area contributed by atoms with Gasteiger partial charge in [0.15, 0.2) is 5.84 Å². The number of amides is 1. The van der Waals surface area contributed by atoms with Gasteiger partial charge in [0, 0.05) is 13.6 Å². The molecule has 0 saturated carbocycles. The van der Waals surface area contributed by atoms with Gasteiger partial charge in [0.05, 0.1) is 0 Å². The fourth-order valence-electron chi connectivity index (χ4n) is 2.52. The van der Waals surface area contributed by atoms with Gasteiger partial charge in [0.1, 0.15) is 5.41 Å². The van der Waals surface area contributed by atoms with E-state index in [1.54, 1.807) is 11.9 Å². The Bertz CT molecular complexity index is 297. The summed E-state index contributed by atoms with van der Waals surface area (Å²) in [5.74, 6) is 0.0181. The van der Waals surface area contributed by atoms with Gasteiger partial charge in [0.25, 0.3) is 0 Å². The van der Waals surface area contributed by atoms with Crippen LogP contribution in [-0.4, -0.2) is 35.4 Å². The number of carbonyl (C=O) groups excluding carboxylic acids is 1. The molecular weight excluding hydrogens is 242 g/mol. The van der Waals surface area contributed by atoms with Crippen molar-refractivity contribution in [3.63, 3.8) is 0 Å². The molecule has 1 amide bonds. The van der Waals surface area contributed by atoms with Crippen LogP contribution in [0.3, 0.4) is 0 Å². The minimum Gasteiger partial charge on any atom is -0.409 e. The average Bonchev–Trinajstić information content (AvgIpc) is 2.42. The van der Waals surface area contributed by atoms with Gasteiger partial charge >= 0.3 is 0 Å². The van der Waals surface area contributed by atoms with E-state index in [9.17, 15) is 4.79 Å². The van der Waals surface area contributed by atoms with Gasteiger partial charge in [-0.2, -0.15) is 0 Å². The van der Waals surface area contributed by atoms with Crippen LogP contribution in [0.15, 0.2) is 5.16 Å². The van der Waals surface area contributed by atoms with Crippen LogP contribution < -0.4 is 5.73 Å². The minimum absolute atomic E-state index is 0.0278. The number of hydrogen-bond acceptors (Lipinski definition) is 3. The lowest BCUT2D eigenvalue weighted by molar-refractivity contribution is -0.138. The highest BCUT2D eigenvalue weighted by atomic mass is 16.4. The molecule has 0 saturated heterocycles. The summed E-state index contributed by atoms with van der Waals surface area (Å²) in [6, 6.07) is 0. The third-order valence-electron chi connectivity index (χ3n) is 3.55. The molecule has 0 bridgehead atoms. The summed E-state index contributed by atoms with van der Waals surface area (Å²) in [4.78, 5) is 14.4. The topological polar surface area (TPSA) is 78.9 Å². The second-order valence-corrected chi connectivity index (χ2v) is 5.15. The predicted molar refractivity (Wildman–Crippen MR) is 78.2 cm³/mol. The molecule has 0 aromatic carbocycles. The summed E-state index contributed by atoms with van der Waals surface area (Å²) in [5, 5.41) is 12.2. The molecular formula is C14H29N3O2. The molecule has 5 nitrogen and oxygen atoms in total. The number of carbonyl (C=O) groups is 1. The molecule has 0 radical (unpaired) electrons. The molecule has 0 aromatic rings. The van der Waals surface area contributed by atoms with E-state index in [1.165, 1.54) is 0 Å². The van der Waals surface area contributed by atoms with Crippen molar-refractivity contribution >= 4 is 11.7 Å². The van der Waals surface area contributed by atoms with Gasteiger partial charge < -0.3 is 15.8 Å². The second-order valence-electron chi connectivity index (χ2n) is 5.15.